The van der Waals surface area contributed by atoms with E-state index in [9.17, 15) is 4.79 Å². The average molecular weight is 320 g/mol. The summed E-state index contributed by atoms with van der Waals surface area (Å²) in [5.41, 5.74) is 0.323. The standard InChI is InChI=1S/C12H9Cl3N2O2/c1-17-12(18)11(15)10(5-16-17)19-6-7-2-3-8(13)4-9(7)14/h2-5H,6H2,1H3. The normalized spacial score (nSPS) is 10.5. The van der Waals surface area contributed by atoms with E-state index in [0.717, 1.165) is 10.2 Å². The lowest BCUT2D eigenvalue weighted by Crippen LogP contribution is -2.20. The quantitative estimate of drug-likeness (QED) is 0.871. The summed E-state index contributed by atoms with van der Waals surface area (Å²) >= 11 is 17.7. The Labute approximate surface area is 124 Å². The van der Waals surface area contributed by atoms with Crippen molar-refractivity contribution in [2.75, 3.05) is 0 Å². The highest BCUT2D eigenvalue weighted by molar-refractivity contribution is 6.35. The Bertz CT molecular complexity index is 671. The number of ether oxygens (including phenoxy) is 1. The van der Waals surface area contributed by atoms with Crippen LogP contribution in [0.5, 0.6) is 5.75 Å². The molecule has 0 N–H and O–H groups in total. The van der Waals surface area contributed by atoms with Crippen molar-refractivity contribution in [3.05, 3.63) is 55.4 Å². The van der Waals surface area contributed by atoms with E-state index in [1.165, 1.54) is 13.2 Å². The van der Waals surface area contributed by atoms with Crippen molar-refractivity contribution in [2.24, 2.45) is 7.05 Å². The number of halogens is 3. The summed E-state index contributed by atoms with van der Waals surface area (Å²) < 4.78 is 6.57. The van der Waals surface area contributed by atoms with E-state index in [0.29, 0.717) is 10.0 Å². The van der Waals surface area contributed by atoms with Gasteiger partial charge in [-0.05, 0) is 12.1 Å². The molecule has 0 bridgehead atoms. The van der Waals surface area contributed by atoms with Crippen LogP contribution >= 0.6 is 34.8 Å². The Balaban J connectivity index is 2.19. The molecule has 0 radical (unpaired) electrons. The number of hydrogen-bond acceptors (Lipinski definition) is 3. The topological polar surface area (TPSA) is 44.1 Å². The molecule has 4 nitrogen and oxygen atoms in total. The number of aryl methyl sites for hydroxylation is 1. The van der Waals surface area contributed by atoms with Crippen molar-refractivity contribution in [2.45, 2.75) is 6.61 Å². The van der Waals surface area contributed by atoms with Crippen molar-refractivity contribution in [3.63, 3.8) is 0 Å². The molecule has 1 aromatic heterocycles. The van der Waals surface area contributed by atoms with Crippen LogP contribution in [0.4, 0.5) is 0 Å². The zero-order chi connectivity index (χ0) is 14.0. The fraction of sp³-hybridized carbons (Fsp3) is 0.167. The molecule has 0 saturated carbocycles. The van der Waals surface area contributed by atoms with Crippen LogP contribution in [0.15, 0.2) is 29.2 Å². The smallest absolute Gasteiger partial charge is 0.289 e. The minimum Gasteiger partial charge on any atom is -0.485 e. The second kappa shape index (κ2) is 5.82. The van der Waals surface area contributed by atoms with Crippen LogP contribution in [-0.2, 0) is 13.7 Å². The van der Waals surface area contributed by atoms with Gasteiger partial charge in [-0.3, -0.25) is 4.79 Å². The maximum atomic E-state index is 11.6. The first kappa shape index (κ1) is 14.2. The van der Waals surface area contributed by atoms with E-state index in [2.05, 4.69) is 5.10 Å². The van der Waals surface area contributed by atoms with Gasteiger partial charge in [0, 0.05) is 22.7 Å². The van der Waals surface area contributed by atoms with Crippen LogP contribution in [0.25, 0.3) is 0 Å². The molecule has 2 aromatic rings. The van der Waals surface area contributed by atoms with Crippen molar-refractivity contribution in [3.8, 4) is 5.75 Å². The van der Waals surface area contributed by atoms with Gasteiger partial charge in [0.25, 0.3) is 5.56 Å². The Morgan fingerprint density at radius 2 is 2.05 bits per heavy atom. The van der Waals surface area contributed by atoms with Gasteiger partial charge in [-0.1, -0.05) is 40.9 Å². The fourth-order valence-corrected chi connectivity index (χ4v) is 2.08. The first-order chi connectivity index (χ1) is 8.99. The summed E-state index contributed by atoms with van der Waals surface area (Å²) in [6.45, 7) is 0.171. The molecular weight excluding hydrogens is 311 g/mol. The van der Waals surface area contributed by atoms with E-state index in [1.54, 1.807) is 18.2 Å². The van der Waals surface area contributed by atoms with E-state index < -0.39 is 5.56 Å². The number of aromatic nitrogens is 2. The summed E-state index contributed by atoms with van der Waals surface area (Å²) in [7, 11) is 1.51. The number of hydrogen-bond donors (Lipinski definition) is 0. The predicted molar refractivity (Wildman–Crippen MR) is 75.3 cm³/mol. The zero-order valence-electron chi connectivity index (χ0n) is 9.86. The molecule has 2 rings (SSSR count). The molecule has 19 heavy (non-hydrogen) atoms. The Morgan fingerprint density at radius 1 is 1.32 bits per heavy atom. The second-order valence-corrected chi connectivity index (χ2v) is 5.00. The number of nitrogens with zero attached hydrogens (tertiary/aromatic N) is 2. The van der Waals surface area contributed by atoms with Gasteiger partial charge in [-0.15, -0.1) is 0 Å². The third-order valence-electron chi connectivity index (χ3n) is 2.44. The largest absolute Gasteiger partial charge is 0.485 e. The van der Waals surface area contributed by atoms with Crippen LogP contribution < -0.4 is 10.3 Å². The highest BCUT2D eigenvalue weighted by atomic mass is 35.5. The van der Waals surface area contributed by atoms with Gasteiger partial charge in [-0.25, -0.2) is 4.68 Å². The van der Waals surface area contributed by atoms with E-state index in [4.69, 9.17) is 39.5 Å². The Hall–Kier alpha value is -1.23. The zero-order valence-corrected chi connectivity index (χ0v) is 12.1. The summed E-state index contributed by atoms with van der Waals surface area (Å²) in [4.78, 5) is 11.6. The molecule has 1 aromatic carbocycles. The van der Waals surface area contributed by atoms with Gasteiger partial charge in [0.05, 0.1) is 6.20 Å². The predicted octanol–water partition coefficient (Wildman–Crippen LogP) is 3.32. The van der Waals surface area contributed by atoms with Crippen LogP contribution in [-0.4, -0.2) is 9.78 Å². The Kier molecular flexibility index (Phi) is 4.34. The molecule has 0 aliphatic rings. The first-order valence-electron chi connectivity index (χ1n) is 5.27. The van der Waals surface area contributed by atoms with Gasteiger partial charge in [0.2, 0.25) is 0 Å². The lowest BCUT2D eigenvalue weighted by atomic mass is 10.2. The second-order valence-electron chi connectivity index (χ2n) is 3.78. The van der Waals surface area contributed by atoms with Crippen molar-refractivity contribution < 1.29 is 4.74 Å². The maximum Gasteiger partial charge on any atom is 0.289 e. The van der Waals surface area contributed by atoms with Gasteiger partial charge in [0.1, 0.15) is 6.61 Å². The SMILES string of the molecule is Cn1ncc(OCc2ccc(Cl)cc2Cl)c(Cl)c1=O. The molecule has 0 aliphatic carbocycles. The van der Waals surface area contributed by atoms with E-state index >= 15 is 0 Å². The monoisotopic (exact) mass is 318 g/mol. The van der Waals surface area contributed by atoms with Gasteiger partial charge in [0.15, 0.2) is 10.8 Å². The summed E-state index contributed by atoms with van der Waals surface area (Å²) in [6.07, 6.45) is 1.38. The molecular formula is C12H9Cl3N2O2. The molecule has 0 spiro atoms. The third-order valence-corrected chi connectivity index (χ3v) is 3.38. The van der Waals surface area contributed by atoms with Gasteiger partial charge in [-0.2, -0.15) is 5.10 Å². The van der Waals surface area contributed by atoms with Crippen LogP contribution in [0.1, 0.15) is 5.56 Å². The van der Waals surface area contributed by atoms with Crippen molar-refractivity contribution >= 4 is 34.8 Å². The Morgan fingerprint density at radius 3 is 2.74 bits per heavy atom. The molecule has 1 heterocycles. The summed E-state index contributed by atoms with van der Waals surface area (Å²) in [5.74, 6) is 0.218. The van der Waals surface area contributed by atoms with Crippen molar-refractivity contribution in [1.82, 2.24) is 9.78 Å². The van der Waals surface area contributed by atoms with Gasteiger partial charge >= 0.3 is 0 Å². The molecule has 0 saturated heterocycles. The average Bonchev–Trinajstić information content (AvgIpc) is 2.37. The first-order valence-corrected chi connectivity index (χ1v) is 6.41. The molecule has 0 atom stereocenters. The third kappa shape index (κ3) is 3.21. The lowest BCUT2D eigenvalue weighted by Gasteiger charge is -2.09. The fourth-order valence-electron chi connectivity index (χ4n) is 1.39. The number of benzene rings is 1. The summed E-state index contributed by atoms with van der Waals surface area (Å²) in [6, 6.07) is 5.06. The minimum absolute atomic E-state index is 0.0115. The molecule has 7 heteroatoms. The molecule has 0 unspecified atom stereocenters. The van der Waals surface area contributed by atoms with Crippen LogP contribution in [0.2, 0.25) is 15.1 Å². The van der Waals surface area contributed by atoms with E-state index in [-0.39, 0.29) is 17.4 Å². The van der Waals surface area contributed by atoms with E-state index in [1.807, 2.05) is 0 Å². The number of rotatable bonds is 3. The minimum atomic E-state index is -0.415. The maximum absolute atomic E-state index is 11.6. The molecule has 0 amide bonds. The van der Waals surface area contributed by atoms with Crippen LogP contribution in [0, 0.1) is 0 Å². The highest BCUT2D eigenvalue weighted by Gasteiger charge is 2.09. The van der Waals surface area contributed by atoms with Crippen LogP contribution in [0.3, 0.4) is 0 Å². The lowest BCUT2D eigenvalue weighted by molar-refractivity contribution is 0.303. The molecule has 0 aliphatic heterocycles. The van der Waals surface area contributed by atoms with Crippen molar-refractivity contribution in [1.29, 1.82) is 0 Å². The summed E-state index contributed by atoms with van der Waals surface area (Å²) in [5, 5.41) is 4.85. The molecule has 0 fully saturated rings. The highest BCUT2D eigenvalue weighted by Crippen LogP contribution is 2.24. The molecule has 100 valence electrons. The van der Waals surface area contributed by atoms with Gasteiger partial charge < -0.3 is 4.74 Å².